The number of esters is 1. The Morgan fingerprint density at radius 1 is 1.07 bits per heavy atom. The van der Waals surface area contributed by atoms with Gasteiger partial charge in [-0.05, 0) is 24.6 Å². The highest BCUT2D eigenvalue weighted by Crippen LogP contribution is 2.25. The highest BCUT2D eigenvalue weighted by atomic mass is 16.5. The summed E-state index contributed by atoms with van der Waals surface area (Å²) in [6.07, 6.45) is 0.190. The lowest BCUT2D eigenvalue weighted by atomic mass is 10.1. The van der Waals surface area contributed by atoms with E-state index in [0.29, 0.717) is 0 Å². The van der Waals surface area contributed by atoms with Gasteiger partial charge >= 0.3 is 5.97 Å². The molecule has 2 aromatic rings. The van der Waals surface area contributed by atoms with E-state index >= 15 is 0 Å². The normalized spacial score (nSPS) is 15.6. The monoisotopic (exact) mass is 393 g/mol. The molecule has 0 saturated heterocycles. The summed E-state index contributed by atoms with van der Waals surface area (Å²) in [6.45, 7) is 1.53. The first kappa shape index (κ1) is 20.3. The fourth-order valence-electron chi connectivity index (χ4n) is 3.18. The lowest BCUT2D eigenvalue weighted by Crippen LogP contribution is -2.40. The largest absolute Gasteiger partial charge is 0.468 e. The van der Waals surface area contributed by atoms with E-state index in [1.165, 1.54) is 18.9 Å². The van der Waals surface area contributed by atoms with E-state index in [2.05, 4.69) is 5.10 Å². The quantitative estimate of drug-likeness (QED) is 0.675. The Hall–Kier alpha value is -3.48. The van der Waals surface area contributed by atoms with Crippen LogP contribution in [0, 0.1) is 0 Å². The van der Waals surface area contributed by atoms with E-state index in [1.807, 2.05) is 60.7 Å². The number of nitrogens with zero attached hydrogens (tertiary/aromatic N) is 3. The maximum absolute atomic E-state index is 13.2. The zero-order chi connectivity index (χ0) is 20.8. The third-order valence-electron chi connectivity index (χ3n) is 4.70. The predicted molar refractivity (Wildman–Crippen MR) is 109 cm³/mol. The number of amides is 1. The van der Waals surface area contributed by atoms with Crippen molar-refractivity contribution in [2.24, 2.45) is 5.10 Å². The van der Waals surface area contributed by atoms with Crippen LogP contribution in [0.4, 0.5) is 5.69 Å². The molecule has 0 fully saturated rings. The van der Waals surface area contributed by atoms with Crippen molar-refractivity contribution in [3.63, 3.8) is 0 Å². The Bertz CT molecular complexity index is 912. The molecule has 1 amide bonds. The van der Waals surface area contributed by atoms with Crippen molar-refractivity contribution < 1.29 is 19.1 Å². The van der Waals surface area contributed by atoms with Crippen LogP contribution in [0.5, 0.6) is 0 Å². The number of benzene rings is 2. The molecule has 0 spiro atoms. The van der Waals surface area contributed by atoms with Crippen molar-refractivity contribution in [3.05, 3.63) is 66.2 Å². The fourth-order valence-corrected chi connectivity index (χ4v) is 3.18. The van der Waals surface area contributed by atoms with Crippen LogP contribution in [0.25, 0.3) is 0 Å². The molecule has 3 rings (SSSR count). The van der Waals surface area contributed by atoms with E-state index in [0.717, 1.165) is 11.3 Å². The van der Waals surface area contributed by atoms with E-state index in [1.54, 1.807) is 5.01 Å². The number of Topliss-reactive ketones (excluding diaryl/α,β-unsaturated/α-hetero) is 1. The van der Waals surface area contributed by atoms with Gasteiger partial charge in [-0.1, -0.05) is 48.5 Å². The highest BCUT2D eigenvalue weighted by Gasteiger charge is 2.36. The summed E-state index contributed by atoms with van der Waals surface area (Å²) in [5.74, 6) is -0.983. The summed E-state index contributed by atoms with van der Waals surface area (Å²) < 4.78 is 4.74. The van der Waals surface area contributed by atoms with Crippen molar-refractivity contribution in [1.82, 2.24) is 4.90 Å². The number of methoxy groups -OCH3 is 1. The molecule has 7 heteroatoms. The average molecular weight is 393 g/mol. The Kier molecular flexibility index (Phi) is 6.39. The summed E-state index contributed by atoms with van der Waals surface area (Å²) in [4.78, 5) is 38.6. The second kappa shape index (κ2) is 9.14. The Morgan fingerprint density at radius 3 is 2.28 bits per heavy atom. The van der Waals surface area contributed by atoms with Gasteiger partial charge in [-0.25, -0.2) is 0 Å². The standard InChI is InChI=1S/C22H23N3O4/c1-16(26)20-13-19(23-25(20)18-11-7-4-8-12-18)22(28)24(15-21(27)29-2)14-17-9-5-3-6-10-17/h3-12,20H,13-15H2,1-2H3. The van der Waals surface area contributed by atoms with Gasteiger partial charge in [0.1, 0.15) is 18.3 Å². The second-order valence-electron chi connectivity index (χ2n) is 6.78. The second-order valence-corrected chi connectivity index (χ2v) is 6.78. The number of carbonyl (C=O) groups excluding carboxylic acids is 3. The van der Waals surface area contributed by atoms with Crippen LogP contribution in [0.2, 0.25) is 0 Å². The van der Waals surface area contributed by atoms with Gasteiger partial charge in [0.25, 0.3) is 5.91 Å². The van der Waals surface area contributed by atoms with Crippen molar-refractivity contribution in [2.45, 2.75) is 25.9 Å². The van der Waals surface area contributed by atoms with E-state index in [4.69, 9.17) is 4.74 Å². The molecule has 1 atom stereocenters. The molecule has 1 aliphatic heterocycles. The highest BCUT2D eigenvalue weighted by molar-refractivity contribution is 6.40. The minimum atomic E-state index is -0.548. The fraction of sp³-hybridized carbons (Fsp3) is 0.273. The topological polar surface area (TPSA) is 79.3 Å². The summed E-state index contributed by atoms with van der Waals surface area (Å²) in [7, 11) is 1.28. The van der Waals surface area contributed by atoms with Crippen LogP contribution in [0.3, 0.4) is 0 Å². The number of rotatable bonds is 7. The molecule has 7 nitrogen and oxygen atoms in total. The minimum absolute atomic E-state index is 0.0806. The lowest BCUT2D eigenvalue weighted by Gasteiger charge is -2.21. The van der Waals surface area contributed by atoms with Crippen molar-refractivity contribution in [3.8, 4) is 0 Å². The summed E-state index contributed by atoms with van der Waals surface area (Å²) in [5.41, 5.74) is 1.86. The van der Waals surface area contributed by atoms with Gasteiger partial charge in [0.05, 0.1) is 12.8 Å². The molecule has 0 saturated carbocycles. The molecule has 0 bridgehead atoms. The molecule has 0 aromatic heterocycles. The van der Waals surface area contributed by atoms with Crippen molar-refractivity contribution >= 4 is 29.1 Å². The molecule has 1 aliphatic rings. The molecule has 150 valence electrons. The van der Waals surface area contributed by atoms with Gasteiger partial charge < -0.3 is 9.64 Å². The predicted octanol–water partition coefficient (Wildman–Crippen LogP) is 2.41. The molecule has 2 aromatic carbocycles. The average Bonchev–Trinajstić information content (AvgIpc) is 3.20. The number of carbonyl (C=O) groups is 3. The van der Waals surface area contributed by atoms with E-state index in [-0.39, 0.29) is 36.9 Å². The molecule has 1 unspecified atom stereocenters. The van der Waals surface area contributed by atoms with Crippen LogP contribution in [-0.2, 0) is 25.7 Å². The summed E-state index contributed by atoms with van der Waals surface area (Å²) >= 11 is 0. The van der Waals surface area contributed by atoms with Gasteiger partial charge in [0, 0.05) is 13.0 Å². The van der Waals surface area contributed by atoms with Gasteiger partial charge in [0.15, 0.2) is 5.78 Å². The number of hydrogen-bond acceptors (Lipinski definition) is 6. The zero-order valence-electron chi connectivity index (χ0n) is 16.4. The first-order chi connectivity index (χ1) is 14.0. The van der Waals surface area contributed by atoms with E-state index < -0.39 is 12.0 Å². The van der Waals surface area contributed by atoms with Crippen molar-refractivity contribution in [1.29, 1.82) is 0 Å². The van der Waals surface area contributed by atoms with Crippen LogP contribution in [-0.4, -0.2) is 48.0 Å². The number of ether oxygens (including phenoxy) is 1. The van der Waals surface area contributed by atoms with Crippen LogP contribution in [0.15, 0.2) is 65.8 Å². The third kappa shape index (κ3) is 4.87. The van der Waals surface area contributed by atoms with Gasteiger partial charge in [0.2, 0.25) is 0 Å². The number of ketones is 1. The first-order valence-electron chi connectivity index (χ1n) is 9.32. The first-order valence-corrected chi connectivity index (χ1v) is 9.32. The number of hydrazone groups is 1. The number of anilines is 1. The molecule has 29 heavy (non-hydrogen) atoms. The van der Waals surface area contributed by atoms with Crippen molar-refractivity contribution in [2.75, 3.05) is 18.7 Å². The molecular formula is C22H23N3O4. The molecule has 0 radical (unpaired) electrons. The molecule has 1 heterocycles. The Balaban J connectivity index is 1.87. The molecule has 0 aliphatic carbocycles. The smallest absolute Gasteiger partial charge is 0.325 e. The Morgan fingerprint density at radius 2 is 1.69 bits per heavy atom. The molecule has 0 N–H and O–H groups in total. The Labute approximate surface area is 169 Å². The zero-order valence-corrected chi connectivity index (χ0v) is 16.4. The maximum atomic E-state index is 13.2. The minimum Gasteiger partial charge on any atom is -0.468 e. The maximum Gasteiger partial charge on any atom is 0.325 e. The number of hydrogen-bond donors (Lipinski definition) is 0. The van der Waals surface area contributed by atoms with Crippen LogP contribution >= 0.6 is 0 Å². The van der Waals surface area contributed by atoms with Gasteiger partial charge in [-0.3, -0.25) is 19.4 Å². The lowest BCUT2D eigenvalue weighted by molar-refractivity contribution is -0.145. The van der Waals surface area contributed by atoms with Gasteiger partial charge in [-0.2, -0.15) is 5.10 Å². The third-order valence-corrected chi connectivity index (χ3v) is 4.70. The molecular weight excluding hydrogens is 370 g/mol. The SMILES string of the molecule is COC(=O)CN(Cc1ccccc1)C(=O)C1=NN(c2ccccc2)C(C(C)=O)C1. The van der Waals surface area contributed by atoms with Gasteiger partial charge in [-0.15, -0.1) is 0 Å². The summed E-state index contributed by atoms with van der Waals surface area (Å²) in [6, 6.07) is 18.1. The van der Waals surface area contributed by atoms with E-state index in [9.17, 15) is 14.4 Å². The summed E-state index contributed by atoms with van der Waals surface area (Å²) in [5, 5.41) is 6.02. The van der Waals surface area contributed by atoms with Crippen LogP contribution < -0.4 is 5.01 Å². The number of para-hydroxylation sites is 1. The van der Waals surface area contributed by atoms with Crippen LogP contribution in [0.1, 0.15) is 18.9 Å².